The second kappa shape index (κ2) is 6.37. The SMILES string of the molecule is FC(F)(F)c1ccc(NCCNc2ncnc3sccc23)nc1. The second-order valence-electron chi connectivity index (χ2n) is 4.65. The lowest BCUT2D eigenvalue weighted by atomic mass is 10.3. The van der Waals surface area contributed by atoms with Gasteiger partial charge >= 0.3 is 6.18 Å². The molecule has 2 N–H and O–H groups in total. The molecule has 0 bridgehead atoms. The lowest BCUT2D eigenvalue weighted by Gasteiger charge is -2.10. The lowest BCUT2D eigenvalue weighted by Crippen LogP contribution is -2.15. The van der Waals surface area contributed by atoms with Gasteiger partial charge in [0.25, 0.3) is 0 Å². The Kier molecular flexibility index (Phi) is 4.28. The topological polar surface area (TPSA) is 62.7 Å². The molecule has 3 rings (SSSR count). The molecular weight excluding hydrogens is 327 g/mol. The van der Waals surface area contributed by atoms with Crippen molar-refractivity contribution in [3.8, 4) is 0 Å². The van der Waals surface area contributed by atoms with Gasteiger partial charge in [-0.15, -0.1) is 11.3 Å². The van der Waals surface area contributed by atoms with Crippen molar-refractivity contribution < 1.29 is 13.2 Å². The minimum absolute atomic E-state index is 0.392. The zero-order chi connectivity index (χ0) is 16.3. The van der Waals surface area contributed by atoms with E-state index in [9.17, 15) is 13.2 Å². The first-order valence-corrected chi connectivity index (χ1v) is 7.61. The van der Waals surface area contributed by atoms with E-state index in [2.05, 4.69) is 25.6 Å². The average molecular weight is 339 g/mol. The van der Waals surface area contributed by atoms with Crippen molar-refractivity contribution in [1.82, 2.24) is 15.0 Å². The predicted molar refractivity (Wildman–Crippen MR) is 83.6 cm³/mol. The summed E-state index contributed by atoms with van der Waals surface area (Å²) in [4.78, 5) is 13.0. The summed E-state index contributed by atoms with van der Waals surface area (Å²) >= 11 is 1.53. The standard InChI is InChI=1S/C14H12F3N5S/c15-14(16,17)9-1-2-11(20-7-9)18-4-5-19-12-10-3-6-23-13(10)22-8-21-12/h1-3,6-8H,4-5H2,(H,18,20)(H,19,21,22). The zero-order valence-corrected chi connectivity index (χ0v) is 12.6. The van der Waals surface area contributed by atoms with Crippen molar-refractivity contribution in [3.05, 3.63) is 41.7 Å². The zero-order valence-electron chi connectivity index (χ0n) is 11.8. The summed E-state index contributed by atoms with van der Waals surface area (Å²) in [5.74, 6) is 1.13. The molecule has 0 unspecified atom stereocenters. The van der Waals surface area contributed by atoms with E-state index in [1.165, 1.54) is 23.7 Å². The molecule has 23 heavy (non-hydrogen) atoms. The van der Waals surface area contributed by atoms with Crippen LogP contribution in [-0.4, -0.2) is 28.0 Å². The lowest BCUT2D eigenvalue weighted by molar-refractivity contribution is -0.137. The molecular formula is C14H12F3N5S. The number of thiophene rings is 1. The van der Waals surface area contributed by atoms with Gasteiger partial charge in [-0.25, -0.2) is 15.0 Å². The number of hydrogen-bond acceptors (Lipinski definition) is 6. The highest BCUT2D eigenvalue weighted by atomic mass is 32.1. The molecule has 0 aromatic carbocycles. The van der Waals surface area contributed by atoms with E-state index in [0.717, 1.165) is 28.3 Å². The van der Waals surface area contributed by atoms with Crippen molar-refractivity contribution in [2.45, 2.75) is 6.18 Å². The molecule has 0 aliphatic carbocycles. The third kappa shape index (κ3) is 3.67. The first-order chi connectivity index (χ1) is 11.0. The maximum Gasteiger partial charge on any atom is 0.417 e. The summed E-state index contributed by atoms with van der Waals surface area (Å²) in [6.45, 7) is 1.04. The van der Waals surface area contributed by atoms with Crippen LogP contribution in [0, 0.1) is 0 Å². The second-order valence-corrected chi connectivity index (χ2v) is 5.54. The van der Waals surface area contributed by atoms with Crippen molar-refractivity contribution in [2.24, 2.45) is 0 Å². The quantitative estimate of drug-likeness (QED) is 0.695. The van der Waals surface area contributed by atoms with E-state index in [4.69, 9.17) is 0 Å². The van der Waals surface area contributed by atoms with Crippen LogP contribution in [0.15, 0.2) is 36.1 Å². The highest BCUT2D eigenvalue weighted by Gasteiger charge is 2.30. The summed E-state index contributed by atoms with van der Waals surface area (Å²) in [6.07, 6.45) is -2.06. The maximum atomic E-state index is 12.4. The minimum atomic E-state index is -4.37. The van der Waals surface area contributed by atoms with E-state index in [1.54, 1.807) is 0 Å². The first-order valence-electron chi connectivity index (χ1n) is 6.73. The van der Waals surface area contributed by atoms with Crippen LogP contribution in [0.2, 0.25) is 0 Å². The average Bonchev–Trinajstić information content (AvgIpc) is 3.00. The van der Waals surface area contributed by atoms with Crippen LogP contribution in [0.3, 0.4) is 0 Å². The molecule has 0 saturated carbocycles. The molecule has 0 saturated heterocycles. The maximum absolute atomic E-state index is 12.4. The number of pyridine rings is 1. The number of aromatic nitrogens is 3. The number of nitrogens with one attached hydrogen (secondary N) is 2. The number of halogens is 3. The molecule has 0 spiro atoms. The Labute approximate surface area is 133 Å². The van der Waals surface area contributed by atoms with Crippen LogP contribution < -0.4 is 10.6 Å². The molecule has 0 fully saturated rings. The monoisotopic (exact) mass is 339 g/mol. The van der Waals surface area contributed by atoms with Gasteiger partial charge in [0.1, 0.15) is 22.8 Å². The van der Waals surface area contributed by atoms with E-state index in [-0.39, 0.29) is 0 Å². The normalized spacial score (nSPS) is 11.6. The largest absolute Gasteiger partial charge is 0.417 e. The van der Waals surface area contributed by atoms with Gasteiger partial charge in [0.2, 0.25) is 0 Å². The number of fused-ring (bicyclic) bond motifs is 1. The van der Waals surface area contributed by atoms with Crippen LogP contribution in [0.5, 0.6) is 0 Å². The number of anilines is 2. The van der Waals surface area contributed by atoms with E-state index >= 15 is 0 Å². The van der Waals surface area contributed by atoms with Gasteiger partial charge in [0, 0.05) is 19.3 Å². The summed E-state index contributed by atoms with van der Waals surface area (Å²) in [7, 11) is 0. The molecule has 0 aliphatic rings. The predicted octanol–water partition coefficient (Wildman–Crippen LogP) is 3.63. The van der Waals surface area contributed by atoms with E-state index in [0.29, 0.717) is 18.9 Å². The van der Waals surface area contributed by atoms with Gasteiger partial charge in [-0.05, 0) is 23.6 Å². The van der Waals surface area contributed by atoms with Crippen molar-refractivity contribution in [3.63, 3.8) is 0 Å². The Morgan fingerprint density at radius 1 is 1.00 bits per heavy atom. The van der Waals surface area contributed by atoms with Gasteiger partial charge in [-0.1, -0.05) is 0 Å². The molecule has 3 aromatic heterocycles. The van der Waals surface area contributed by atoms with Crippen LogP contribution >= 0.6 is 11.3 Å². The minimum Gasteiger partial charge on any atom is -0.368 e. The number of rotatable bonds is 5. The molecule has 0 radical (unpaired) electrons. The van der Waals surface area contributed by atoms with Gasteiger partial charge in [0.05, 0.1) is 10.9 Å². The van der Waals surface area contributed by atoms with Gasteiger partial charge < -0.3 is 10.6 Å². The fraction of sp³-hybridized carbons (Fsp3) is 0.214. The number of nitrogens with zero attached hydrogens (tertiary/aromatic N) is 3. The van der Waals surface area contributed by atoms with Gasteiger partial charge in [-0.2, -0.15) is 13.2 Å². The fourth-order valence-corrected chi connectivity index (χ4v) is 2.70. The molecule has 0 amide bonds. The van der Waals surface area contributed by atoms with Crippen LogP contribution in [0.25, 0.3) is 10.2 Å². The van der Waals surface area contributed by atoms with Crippen LogP contribution in [-0.2, 0) is 6.18 Å². The van der Waals surface area contributed by atoms with Gasteiger partial charge in [-0.3, -0.25) is 0 Å². The molecule has 3 heterocycles. The highest BCUT2D eigenvalue weighted by Crippen LogP contribution is 2.28. The van der Waals surface area contributed by atoms with E-state index < -0.39 is 11.7 Å². The molecule has 9 heteroatoms. The van der Waals surface area contributed by atoms with E-state index in [1.807, 2.05) is 11.4 Å². The third-order valence-electron chi connectivity index (χ3n) is 3.08. The summed E-state index contributed by atoms with van der Waals surface area (Å²) < 4.78 is 37.3. The summed E-state index contributed by atoms with van der Waals surface area (Å²) in [6, 6.07) is 4.25. The first kappa shape index (κ1) is 15.5. The highest BCUT2D eigenvalue weighted by molar-refractivity contribution is 7.16. The number of alkyl halides is 3. The molecule has 3 aromatic rings. The fourth-order valence-electron chi connectivity index (χ4n) is 1.97. The third-order valence-corrected chi connectivity index (χ3v) is 3.90. The molecule has 0 aliphatic heterocycles. The van der Waals surface area contributed by atoms with Crippen LogP contribution in [0.1, 0.15) is 5.56 Å². The Balaban J connectivity index is 1.53. The Bertz CT molecular complexity index is 785. The Hall–Kier alpha value is -2.42. The molecule has 5 nitrogen and oxygen atoms in total. The van der Waals surface area contributed by atoms with Crippen molar-refractivity contribution in [2.75, 3.05) is 23.7 Å². The van der Waals surface area contributed by atoms with Crippen molar-refractivity contribution in [1.29, 1.82) is 0 Å². The van der Waals surface area contributed by atoms with Crippen molar-refractivity contribution >= 4 is 33.2 Å². The smallest absolute Gasteiger partial charge is 0.368 e. The Morgan fingerprint density at radius 2 is 1.83 bits per heavy atom. The van der Waals surface area contributed by atoms with Gasteiger partial charge in [0.15, 0.2) is 0 Å². The number of hydrogen-bond donors (Lipinski definition) is 2. The summed E-state index contributed by atoms with van der Waals surface area (Å²) in [5, 5.41) is 9.01. The molecule has 0 atom stereocenters. The summed E-state index contributed by atoms with van der Waals surface area (Å²) in [5.41, 5.74) is -0.762. The van der Waals surface area contributed by atoms with Crippen LogP contribution in [0.4, 0.5) is 24.8 Å². The molecule has 120 valence electrons. The Morgan fingerprint density at radius 3 is 2.57 bits per heavy atom.